The second kappa shape index (κ2) is 81.5. The zero-order valence-corrected chi connectivity index (χ0v) is 62.6. The van der Waals surface area contributed by atoms with Gasteiger partial charge in [-0.3, -0.25) is 9.59 Å². The van der Waals surface area contributed by atoms with Crippen molar-refractivity contribution in [3.63, 3.8) is 0 Å². The normalized spacial score (nSPS) is 12.6. The summed E-state index contributed by atoms with van der Waals surface area (Å²) in [6, 6.07) is -0.630. The number of aliphatic hydroxyl groups is 2. The molecule has 0 aromatic heterocycles. The molecule has 0 bridgehead atoms. The maximum absolute atomic E-state index is 12.6. The maximum Gasteiger partial charge on any atom is 0.305 e. The summed E-state index contributed by atoms with van der Waals surface area (Å²) < 4.78 is 5.52. The van der Waals surface area contributed by atoms with Gasteiger partial charge in [0.15, 0.2) is 0 Å². The van der Waals surface area contributed by atoms with Crippen molar-refractivity contribution in [2.24, 2.45) is 0 Å². The molecule has 92 heavy (non-hydrogen) atoms. The van der Waals surface area contributed by atoms with Crippen molar-refractivity contribution in [2.75, 3.05) is 13.2 Å². The minimum absolute atomic E-state index is 0.0188. The van der Waals surface area contributed by atoms with Crippen LogP contribution in [0.15, 0.2) is 36.5 Å². The zero-order valence-electron chi connectivity index (χ0n) is 62.6. The number of amides is 1. The van der Waals surface area contributed by atoms with Gasteiger partial charge in [-0.15, -0.1) is 0 Å². The molecular formula is C86H165NO5. The standard InChI is InChI=1S/C86H165NO5/c1-3-5-7-9-11-13-15-17-19-21-23-24-25-33-36-39-43-46-50-54-58-62-66-70-74-78-84(89)83(82-88)87-85(90)79-75-71-67-63-59-55-51-47-44-40-37-34-31-29-27-26-28-30-32-35-38-41-45-49-53-57-61-65-69-73-77-81-92-86(91)80-76-72-68-64-60-56-52-48-42-22-20-18-16-14-12-10-8-6-4-2/h28,30,35,38,74,78,83-84,88-89H,3-27,29,31-34,36-37,39-73,75-77,79-82H2,1-2H3,(H,87,90)/b30-28-,38-35-,78-74+. The first kappa shape index (κ1) is 90.1. The van der Waals surface area contributed by atoms with E-state index in [9.17, 15) is 19.8 Å². The molecule has 0 saturated heterocycles. The lowest BCUT2D eigenvalue weighted by Crippen LogP contribution is -2.45. The molecule has 0 spiro atoms. The van der Waals surface area contributed by atoms with Crippen molar-refractivity contribution in [3.05, 3.63) is 36.5 Å². The summed E-state index contributed by atoms with van der Waals surface area (Å²) in [6.07, 6.45) is 107. The average Bonchev–Trinajstić information content (AvgIpc) is 3.76. The third-order valence-corrected chi connectivity index (χ3v) is 19.9. The molecule has 0 aliphatic heterocycles. The van der Waals surface area contributed by atoms with Gasteiger partial charge in [0.2, 0.25) is 5.91 Å². The van der Waals surface area contributed by atoms with E-state index in [1.807, 2.05) is 6.08 Å². The number of hydrogen-bond acceptors (Lipinski definition) is 5. The van der Waals surface area contributed by atoms with Crippen molar-refractivity contribution in [3.8, 4) is 0 Å². The minimum Gasteiger partial charge on any atom is -0.466 e. The lowest BCUT2D eigenvalue weighted by molar-refractivity contribution is -0.143. The fourth-order valence-electron chi connectivity index (χ4n) is 13.5. The second-order valence-corrected chi connectivity index (χ2v) is 29.2. The van der Waals surface area contributed by atoms with Crippen LogP contribution in [0.25, 0.3) is 0 Å². The van der Waals surface area contributed by atoms with Crippen LogP contribution >= 0.6 is 0 Å². The Labute approximate surface area is 576 Å². The summed E-state index contributed by atoms with van der Waals surface area (Å²) in [5.74, 6) is -0.0433. The van der Waals surface area contributed by atoms with Crippen LogP contribution in [-0.2, 0) is 14.3 Å². The first-order valence-corrected chi connectivity index (χ1v) is 42.3. The highest BCUT2D eigenvalue weighted by Crippen LogP contribution is 2.20. The minimum atomic E-state index is -0.846. The molecule has 544 valence electrons. The number of hydrogen-bond donors (Lipinski definition) is 3. The van der Waals surface area contributed by atoms with E-state index in [2.05, 4.69) is 43.5 Å². The Hall–Kier alpha value is -1.92. The van der Waals surface area contributed by atoms with E-state index in [4.69, 9.17) is 4.74 Å². The Kier molecular flexibility index (Phi) is 79.8. The van der Waals surface area contributed by atoms with Crippen LogP contribution in [0.3, 0.4) is 0 Å². The summed E-state index contributed by atoms with van der Waals surface area (Å²) >= 11 is 0. The summed E-state index contributed by atoms with van der Waals surface area (Å²) in [7, 11) is 0. The molecule has 6 heteroatoms. The molecule has 0 radical (unpaired) electrons. The Balaban J connectivity index is 3.40. The predicted molar refractivity (Wildman–Crippen MR) is 407 cm³/mol. The number of rotatable bonds is 80. The highest BCUT2D eigenvalue weighted by molar-refractivity contribution is 5.76. The lowest BCUT2D eigenvalue weighted by atomic mass is 10.0. The highest BCUT2D eigenvalue weighted by Gasteiger charge is 2.18. The first-order valence-electron chi connectivity index (χ1n) is 42.3. The van der Waals surface area contributed by atoms with Gasteiger partial charge in [-0.25, -0.2) is 0 Å². The van der Waals surface area contributed by atoms with E-state index in [0.29, 0.717) is 19.4 Å². The number of esters is 1. The summed E-state index contributed by atoms with van der Waals surface area (Å²) in [6.45, 7) is 4.96. The Morgan fingerprint density at radius 1 is 0.304 bits per heavy atom. The number of ether oxygens (including phenoxy) is 1. The third-order valence-electron chi connectivity index (χ3n) is 19.9. The topological polar surface area (TPSA) is 95.9 Å². The second-order valence-electron chi connectivity index (χ2n) is 29.2. The van der Waals surface area contributed by atoms with Gasteiger partial charge in [0, 0.05) is 12.8 Å². The molecule has 0 rings (SSSR count). The molecule has 2 unspecified atom stereocenters. The largest absolute Gasteiger partial charge is 0.466 e. The molecule has 0 fully saturated rings. The number of nitrogens with one attached hydrogen (secondary N) is 1. The lowest BCUT2D eigenvalue weighted by Gasteiger charge is -2.20. The van der Waals surface area contributed by atoms with Gasteiger partial charge in [0.1, 0.15) is 0 Å². The SMILES string of the molecule is CCCCCCCCCCCCCCCCCCCCCCCCC/C=C/C(O)C(CO)NC(=O)CCCCCCCCCCCCCCCCC/C=C\C/C=C\CCCCCCCCCCCOC(=O)CCCCCCCCCCCCCCCCCCCCC. The summed E-state index contributed by atoms with van der Waals surface area (Å²) in [5, 5.41) is 23.3. The van der Waals surface area contributed by atoms with Gasteiger partial charge < -0.3 is 20.3 Å². The van der Waals surface area contributed by atoms with Gasteiger partial charge in [-0.1, -0.05) is 436 Å². The van der Waals surface area contributed by atoms with E-state index in [1.54, 1.807) is 6.08 Å². The molecular weight excluding hydrogens is 1130 g/mol. The predicted octanol–water partition coefficient (Wildman–Crippen LogP) is 28.2. The van der Waals surface area contributed by atoms with Gasteiger partial charge in [0.25, 0.3) is 0 Å². The molecule has 6 nitrogen and oxygen atoms in total. The molecule has 0 heterocycles. The van der Waals surface area contributed by atoms with Crippen LogP contribution in [0.5, 0.6) is 0 Å². The van der Waals surface area contributed by atoms with E-state index in [1.165, 1.54) is 405 Å². The molecule has 0 saturated carbocycles. The Bertz CT molecular complexity index is 1490. The molecule has 2 atom stereocenters. The zero-order chi connectivity index (χ0) is 66.3. The van der Waals surface area contributed by atoms with E-state index < -0.39 is 12.1 Å². The fourth-order valence-corrected chi connectivity index (χ4v) is 13.5. The monoisotopic (exact) mass is 1290 g/mol. The fraction of sp³-hybridized carbons (Fsp3) is 0.907. The smallest absolute Gasteiger partial charge is 0.305 e. The molecule has 0 aromatic carbocycles. The van der Waals surface area contributed by atoms with Crippen molar-refractivity contribution in [1.82, 2.24) is 5.32 Å². The van der Waals surface area contributed by atoms with Crippen LogP contribution in [0, 0.1) is 0 Å². The molecule has 0 aliphatic carbocycles. The summed E-state index contributed by atoms with van der Waals surface area (Å²) in [4.78, 5) is 24.7. The average molecular weight is 1290 g/mol. The Morgan fingerprint density at radius 3 is 0.826 bits per heavy atom. The number of carbonyl (C=O) groups is 2. The molecule has 0 aliphatic rings. The van der Waals surface area contributed by atoms with Gasteiger partial charge in [-0.2, -0.15) is 0 Å². The quantitative estimate of drug-likeness (QED) is 0.0320. The highest BCUT2D eigenvalue weighted by atomic mass is 16.5. The van der Waals surface area contributed by atoms with E-state index >= 15 is 0 Å². The van der Waals surface area contributed by atoms with Crippen LogP contribution in [0.1, 0.15) is 476 Å². The van der Waals surface area contributed by atoms with E-state index in [0.717, 1.165) is 44.9 Å². The van der Waals surface area contributed by atoms with Crippen molar-refractivity contribution < 1.29 is 24.5 Å². The molecule has 1 amide bonds. The number of allylic oxidation sites excluding steroid dienone is 5. The maximum atomic E-state index is 12.6. The number of carbonyl (C=O) groups excluding carboxylic acids is 2. The number of aliphatic hydroxyl groups excluding tert-OH is 2. The van der Waals surface area contributed by atoms with Crippen molar-refractivity contribution in [1.29, 1.82) is 0 Å². The van der Waals surface area contributed by atoms with Crippen LogP contribution in [0.4, 0.5) is 0 Å². The van der Waals surface area contributed by atoms with Gasteiger partial charge >= 0.3 is 5.97 Å². The number of unbranched alkanes of at least 4 members (excludes halogenated alkanes) is 65. The van der Waals surface area contributed by atoms with Crippen molar-refractivity contribution in [2.45, 2.75) is 488 Å². The molecule has 0 aromatic rings. The van der Waals surface area contributed by atoms with Crippen LogP contribution < -0.4 is 5.32 Å². The third kappa shape index (κ3) is 77.1. The van der Waals surface area contributed by atoms with Crippen molar-refractivity contribution >= 4 is 11.9 Å². The first-order chi connectivity index (χ1) is 45.5. The molecule has 3 N–H and O–H groups in total. The van der Waals surface area contributed by atoms with Crippen LogP contribution in [-0.4, -0.2) is 47.4 Å². The Morgan fingerprint density at radius 2 is 0.543 bits per heavy atom. The van der Waals surface area contributed by atoms with Crippen LogP contribution in [0.2, 0.25) is 0 Å². The summed E-state index contributed by atoms with van der Waals surface area (Å²) in [5.41, 5.74) is 0. The van der Waals surface area contributed by atoms with Gasteiger partial charge in [0.05, 0.1) is 25.4 Å². The van der Waals surface area contributed by atoms with Gasteiger partial charge in [-0.05, 0) is 64.2 Å². The van der Waals surface area contributed by atoms with E-state index in [-0.39, 0.29) is 18.5 Å².